The molecule has 1 aromatic carbocycles. The summed E-state index contributed by atoms with van der Waals surface area (Å²) < 4.78 is 2.95. The van der Waals surface area contributed by atoms with E-state index in [0.717, 1.165) is 34.4 Å². The Morgan fingerprint density at radius 1 is 1.38 bits per heavy atom. The van der Waals surface area contributed by atoms with Crippen LogP contribution in [0, 0.1) is 0 Å². The van der Waals surface area contributed by atoms with Crippen molar-refractivity contribution in [2.45, 2.75) is 24.8 Å². The van der Waals surface area contributed by atoms with Gasteiger partial charge in [-0.3, -0.25) is 9.20 Å². The fourth-order valence-electron chi connectivity index (χ4n) is 4.04. The normalized spacial score (nSPS) is 19.5. The molecule has 1 saturated heterocycles. The van der Waals surface area contributed by atoms with Gasteiger partial charge in [-0.05, 0) is 36.6 Å². The lowest BCUT2D eigenvalue weighted by Gasteiger charge is -2.40. The molecule has 0 saturated carbocycles. The van der Waals surface area contributed by atoms with Crippen molar-refractivity contribution >= 4 is 39.0 Å². The number of likely N-dealkylation sites (N-methyl/N-ethyl adjacent to an activating group) is 1. The lowest BCUT2D eigenvalue weighted by Crippen LogP contribution is -2.62. The zero-order chi connectivity index (χ0) is 20.6. The molecular weight excluding hydrogens is 434 g/mol. The second-order valence-electron chi connectivity index (χ2n) is 7.47. The Balaban J connectivity index is 1.69. The highest BCUT2D eigenvalue weighted by atomic mass is 79.9. The number of nitrogens with zero attached hydrogens (tertiary/aromatic N) is 4. The summed E-state index contributed by atoms with van der Waals surface area (Å²) in [6.45, 7) is 1.33. The van der Waals surface area contributed by atoms with E-state index in [9.17, 15) is 4.79 Å². The molecule has 1 unspecified atom stereocenters. The molecule has 1 atom stereocenters. The summed E-state index contributed by atoms with van der Waals surface area (Å²) in [7, 11) is 1.63. The number of aromatic nitrogens is 3. The molecular formula is C20H24BrN7O. The van der Waals surface area contributed by atoms with Gasteiger partial charge < -0.3 is 21.7 Å². The molecule has 4 rings (SSSR count). The molecule has 3 heterocycles. The first-order valence-electron chi connectivity index (χ1n) is 9.52. The van der Waals surface area contributed by atoms with Gasteiger partial charge in [-0.2, -0.15) is 0 Å². The summed E-state index contributed by atoms with van der Waals surface area (Å²) in [6, 6.07) is 6.20. The minimum Gasteiger partial charge on any atom is -0.381 e. The Morgan fingerprint density at radius 3 is 3.00 bits per heavy atom. The third kappa shape index (κ3) is 3.67. The van der Waals surface area contributed by atoms with E-state index in [1.165, 1.54) is 0 Å². The Labute approximate surface area is 177 Å². The number of nitrogens with one attached hydrogen (secondary N) is 1. The predicted molar refractivity (Wildman–Crippen MR) is 117 cm³/mol. The molecule has 1 aliphatic heterocycles. The first-order chi connectivity index (χ1) is 13.9. The summed E-state index contributed by atoms with van der Waals surface area (Å²) in [6.07, 6.45) is 7.56. The van der Waals surface area contributed by atoms with Crippen LogP contribution in [-0.4, -0.2) is 46.0 Å². The van der Waals surface area contributed by atoms with E-state index < -0.39 is 5.54 Å². The fourth-order valence-corrected chi connectivity index (χ4v) is 4.45. The smallest absolute Gasteiger partial charge is 0.241 e. The van der Waals surface area contributed by atoms with Crippen LogP contribution in [0.2, 0.25) is 0 Å². The van der Waals surface area contributed by atoms with E-state index in [-0.39, 0.29) is 5.91 Å². The Morgan fingerprint density at radius 2 is 2.21 bits per heavy atom. The van der Waals surface area contributed by atoms with Crippen LogP contribution in [0.15, 0.2) is 41.3 Å². The van der Waals surface area contributed by atoms with Crippen LogP contribution in [0.1, 0.15) is 24.1 Å². The largest absolute Gasteiger partial charge is 0.381 e. The van der Waals surface area contributed by atoms with E-state index in [2.05, 4.69) is 48.2 Å². The number of halogens is 1. The molecule has 1 amide bonds. The number of rotatable bonds is 4. The lowest BCUT2D eigenvalue weighted by atomic mass is 9.88. The maximum absolute atomic E-state index is 12.3. The van der Waals surface area contributed by atoms with Crippen LogP contribution in [-0.2, 0) is 11.2 Å². The number of piperidine rings is 1. The summed E-state index contributed by atoms with van der Waals surface area (Å²) in [5.74, 6) is 0.286. The van der Waals surface area contributed by atoms with Crippen LogP contribution in [0.25, 0.3) is 5.65 Å². The van der Waals surface area contributed by atoms with Crippen molar-refractivity contribution in [2.24, 2.45) is 5.73 Å². The lowest BCUT2D eigenvalue weighted by molar-refractivity contribution is -0.126. The minimum absolute atomic E-state index is 0.120. The number of hydrogen-bond donors (Lipinski definition) is 3. The Kier molecular flexibility index (Phi) is 5.18. The predicted octanol–water partition coefficient (Wildman–Crippen LogP) is 1.71. The number of hydrogen-bond acceptors (Lipinski definition) is 6. The number of nitrogen functional groups attached to an aromatic ring is 1. The van der Waals surface area contributed by atoms with Crippen molar-refractivity contribution in [1.82, 2.24) is 19.7 Å². The van der Waals surface area contributed by atoms with Gasteiger partial charge in [0, 0.05) is 61.0 Å². The molecule has 8 nitrogen and oxygen atoms in total. The van der Waals surface area contributed by atoms with Crippen LogP contribution in [0.5, 0.6) is 0 Å². The van der Waals surface area contributed by atoms with E-state index in [4.69, 9.17) is 11.5 Å². The third-order valence-electron chi connectivity index (χ3n) is 5.49. The highest BCUT2D eigenvalue weighted by Gasteiger charge is 2.38. The molecule has 1 fully saturated rings. The monoisotopic (exact) mass is 457 g/mol. The molecule has 29 heavy (non-hydrogen) atoms. The summed E-state index contributed by atoms with van der Waals surface area (Å²) in [5.41, 5.74) is 15.4. The molecule has 2 aromatic heterocycles. The molecule has 5 N–H and O–H groups in total. The molecule has 0 bridgehead atoms. The first-order valence-corrected chi connectivity index (χ1v) is 10.3. The summed E-state index contributed by atoms with van der Waals surface area (Å²) >= 11 is 3.58. The second kappa shape index (κ2) is 7.64. The van der Waals surface area contributed by atoms with Crippen LogP contribution >= 0.6 is 15.9 Å². The zero-order valence-electron chi connectivity index (χ0n) is 16.2. The number of fused-ring (bicyclic) bond motifs is 1. The number of imidazole rings is 1. The van der Waals surface area contributed by atoms with Gasteiger partial charge in [-0.1, -0.05) is 15.9 Å². The topological polar surface area (TPSA) is 115 Å². The van der Waals surface area contributed by atoms with Gasteiger partial charge in [0.15, 0.2) is 11.5 Å². The Hall–Kier alpha value is -2.65. The average Bonchev–Trinajstić information content (AvgIpc) is 3.12. The van der Waals surface area contributed by atoms with Gasteiger partial charge in [-0.25, -0.2) is 9.97 Å². The quantitative estimate of drug-likeness (QED) is 0.549. The second-order valence-corrected chi connectivity index (χ2v) is 8.38. The number of carbonyl (C=O) groups is 1. The van der Waals surface area contributed by atoms with Crippen molar-refractivity contribution in [3.8, 4) is 0 Å². The number of benzene rings is 1. The van der Waals surface area contributed by atoms with E-state index in [1.807, 2.05) is 22.9 Å². The maximum atomic E-state index is 12.3. The molecule has 3 aromatic rings. The van der Waals surface area contributed by atoms with Gasteiger partial charge in [-0.15, -0.1) is 0 Å². The molecule has 9 heteroatoms. The van der Waals surface area contributed by atoms with Crippen LogP contribution in [0.3, 0.4) is 0 Å². The van der Waals surface area contributed by atoms with Crippen LogP contribution < -0.4 is 21.7 Å². The minimum atomic E-state index is -0.888. The van der Waals surface area contributed by atoms with E-state index in [0.29, 0.717) is 30.9 Å². The number of anilines is 2. The first kappa shape index (κ1) is 19.7. The zero-order valence-corrected chi connectivity index (χ0v) is 17.8. The van der Waals surface area contributed by atoms with Gasteiger partial charge in [0.25, 0.3) is 0 Å². The maximum Gasteiger partial charge on any atom is 0.241 e. The van der Waals surface area contributed by atoms with Crippen molar-refractivity contribution in [2.75, 3.05) is 30.8 Å². The van der Waals surface area contributed by atoms with Gasteiger partial charge in [0.1, 0.15) is 5.54 Å². The van der Waals surface area contributed by atoms with Gasteiger partial charge in [0.2, 0.25) is 5.91 Å². The standard InChI is InChI=1S/C20H24BrN7O/c1-24-19(29)20(23)5-2-7-27(12-20)16-4-3-14(21)9-13(16)10-15-11-26-18-17(22)25-6-8-28(15)18/h3-4,6,8-9,11H,2,5,7,10,12,23H2,1H3,(H2,22,25)(H,24,29). The van der Waals surface area contributed by atoms with E-state index in [1.54, 1.807) is 13.2 Å². The van der Waals surface area contributed by atoms with Crippen molar-refractivity contribution < 1.29 is 4.79 Å². The highest BCUT2D eigenvalue weighted by Crippen LogP contribution is 2.31. The number of amides is 1. The van der Waals surface area contributed by atoms with E-state index >= 15 is 0 Å². The average molecular weight is 458 g/mol. The van der Waals surface area contributed by atoms with Gasteiger partial charge >= 0.3 is 0 Å². The number of nitrogens with two attached hydrogens (primary N) is 2. The molecule has 0 radical (unpaired) electrons. The molecule has 0 spiro atoms. The van der Waals surface area contributed by atoms with Crippen LogP contribution in [0.4, 0.5) is 11.5 Å². The SMILES string of the molecule is CNC(=O)C1(N)CCCN(c2ccc(Br)cc2Cc2cnc3c(N)nccn23)C1. The molecule has 1 aliphatic rings. The Bertz CT molecular complexity index is 1070. The molecule has 152 valence electrons. The van der Waals surface area contributed by atoms with Crippen molar-refractivity contribution in [1.29, 1.82) is 0 Å². The number of carbonyl (C=O) groups excluding carboxylic acids is 1. The highest BCUT2D eigenvalue weighted by molar-refractivity contribution is 9.10. The third-order valence-corrected chi connectivity index (χ3v) is 5.98. The summed E-state index contributed by atoms with van der Waals surface area (Å²) in [5, 5.41) is 2.71. The van der Waals surface area contributed by atoms with Gasteiger partial charge in [0.05, 0.1) is 0 Å². The fraction of sp³-hybridized carbons (Fsp3) is 0.350. The van der Waals surface area contributed by atoms with Crippen molar-refractivity contribution in [3.05, 3.63) is 52.5 Å². The summed E-state index contributed by atoms with van der Waals surface area (Å²) in [4.78, 5) is 23.1. The van der Waals surface area contributed by atoms with Crippen molar-refractivity contribution in [3.63, 3.8) is 0 Å². The molecule has 0 aliphatic carbocycles.